The molecule has 0 aromatic heterocycles. The predicted octanol–water partition coefficient (Wildman–Crippen LogP) is 8.06. The molecule has 0 bridgehead atoms. The van der Waals surface area contributed by atoms with Crippen molar-refractivity contribution in [1.29, 1.82) is 0 Å². The average molecular weight is 424 g/mol. The Hall–Kier alpha value is -1.94. The Kier molecular flexibility index (Phi) is 8.28. The molecule has 3 rings (SSSR count). The third-order valence-electron chi connectivity index (χ3n) is 3.97. The average Bonchev–Trinajstić information content (AvgIpc) is 2.73. The quantitative estimate of drug-likeness (QED) is 0.281. The molecule has 0 saturated carbocycles. The van der Waals surface area contributed by atoms with Crippen molar-refractivity contribution in [2.45, 2.75) is 18.4 Å². The summed E-state index contributed by atoms with van der Waals surface area (Å²) < 4.78 is 0. The summed E-state index contributed by atoms with van der Waals surface area (Å²) >= 11 is 9.46. The van der Waals surface area contributed by atoms with Gasteiger partial charge in [0, 0.05) is 16.5 Å². The summed E-state index contributed by atoms with van der Waals surface area (Å²) in [7, 11) is 0. The van der Waals surface area contributed by atoms with Gasteiger partial charge in [0.05, 0.1) is 10.7 Å². The summed E-state index contributed by atoms with van der Waals surface area (Å²) in [6, 6.07) is 26.8. The molecule has 0 radical (unpaired) electrons. The van der Waals surface area contributed by atoms with Gasteiger partial charge in [0.1, 0.15) is 0 Å². The fourth-order valence-corrected chi connectivity index (χ4v) is 4.19. The molecule has 0 unspecified atom stereocenters. The largest absolute Gasteiger partial charge is 0.242 e. The van der Waals surface area contributed by atoms with E-state index in [1.165, 1.54) is 16.7 Å². The molecule has 0 heterocycles. The van der Waals surface area contributed by atoms with Crippen LogP contribution >= 0.6 is 35.1 Å². The van der Waals surface area contributed by atoms with E-state index in [0.717, 1.165) is 27.3 Å². The first-order chi connectivity index (χ1) is 13.7. The highest BCUT2D eigenvalue weighted by Crippen LogP contribution is 2.22. The predicted molar refractivity (Wildman–Crippen MR) is 128 cm³/mol. The van der Waals surface area contributed by atoms with Gasteiger partial charge in [-0.3, -0.25) is 0 Å². The first-order valence-corrected chi connectivity index (χ1v) is 11.4. The maximum absolute atomic E-state index is 5.95. The van der Waals surface area contributed by atoms with Gasteiger partial charge in [-0.05, 0) is 53.8 Å². The van der Waals surface area contributed by atoms with Crippen molar-refractivity contribution in [1.82, 2.24) is 0 Å². The Balaban J connectivity index is 1.65. The number of halogens is 1. The van der Waals surface area contributed by atoms with Crippen LogP contribution in [0.3, 0.4) is 0 Å². The highest BCUT2D eigenvalue weighted by Gasteiger charge is 2.00. The molecule has 0 spiro atoms. The Morgan fingerprint density at radius 1 is 0.857 bits per heavy atom. The van der Waals surface area contributed by atoms with Crippen molar-refractivity contribution >= 4 is 45.9 Å². The van der Waals surface area contributed by atoms with E-state index in [0.29, 0.717) is 0 Å². The summed E-state index contributed by atoms with van der Waals surface area (Å²) in [6.07, 6.45) is 2.11. The Labute approximate surface area is 180 Å². The number of aliphatic imine (C=N–C) groups is 1. The van der Waals surface area contributed by atoms with E-state index in [1.54, 1.807) is 23.5 Å². The summed E-state index contributed by atoms with van der Waals surface area (Å²) in [5.74, 6) is 1.81. The van der Waals surface area contributed by atoms with Crippen LogP contribution in [0.15, 0.2) is 95.3 Å². The van der Waals surface area contributed by atoms with Gasteiger partial charge in [0.2, 0.25) is 0 Å². The Morgan fingerprint density at radius 2 is 1.54 bits per heavy atom. The van der Waals surface area contributed by atoms with Crippen LogP contribution in [0, 0.1) is 6.92 Å². The first-order valence-electron chi connectivity index (χ1n) is 9.04. The number of aryl methyl sites for hydroxylation is 1. The second-order valence-corrected chi connectivity index (χ2v) is 8.63. The summed E-state index contributed by atoms with van der Waals surface area (Å²) in [5.41, 5.74) is 4.78. The normalized spacial score (nSPS) is 11.9. The lowest BCUT2D eigenvalue weighted by molar-refractivity contribution is 1.42. The van der Waals surface area contributed by atoms with Crippen molar-refractivity contribution in [3.63, 3.8) is 0 Å². The van der Waals surface area contributed by atoms with Gasteiger partial charge < -0.3 is 0 Å². The zero-order valence-electron chi connectivity index (χ0n) is 15.7. The van der Waals surface area contributed by atoms with Crippen molar-refractivity contribution in [3.8, 4) is 0 Å². The van der Waals surface area contributed by atoms with Gasteiger partial charge in [-0.2, -0.15) is 0 Å². The molecular weight excluding hydrogens is 402 g/mol. The monoisotopic (exact) mass is 423 g/mol. The van der Waals surface area contributed by atoms with Crippen molar-refractivity contribution in [2.75, 3.05) is 0 Å². The zero-order valence-corrected chi connectivity index (χ0v) is 18.1. The molecule has 0 saturated heterocycles. The van der Waals surface area contributed by atoms with E-state index in [1.807, 2.05) is 18.2 Å². The highest BCUT2D eigenvalue weighted by atomic mass is 35.5. The van der Waals surface area contributed by atoms with Crippen molar-refractivity contribution in [3.05, 3.63) is 112 Å². The minimum absolute atomic E-state index is 0.772. The molecule has 0 aliphatic rings. The van der Waals surface area contributed by atoms with Crippen LogP contribution in [0.2, 0.25) is 5.02 Å². The molecule has 142 valence electrons. The molecular formula is C24H22ClNS2. The fraction of sp³-hybridized carbons (Fsp3) is 0.125. The van der Waals surface area contributed by atoms with E-state index in [-0.39, 0.29) is 0 Å². The van der Waals surface area contributed by atoms with Crippen LogP contribution in [0.4, 0.5) is 5.69 Å². The molecule has 3 aromatic carbocycles. The number of rotatable bonds is 7. The molecule has 0 fully saturated rings. The van der Waals surface area contributed by atoms with Gasteiger partial charge in [-0.15, -0.1) is 23.5 Å². The molecule has 0 aliphatic heterocycles. The number of hydrogen-bond acceptors (Lipinski definition) is 3. The highest BCUT2D eigenvalue weighted by molar-refractivity contribution is 8.13. The molecule has 4 heteroatoms. The first kappa shape index (κ1) is 20.8. The standard InChI is InChI=1S/C24H22ClNS2/c1-19-7-13-23(14-8-19)26-24(28-18-20-5-3-2-4-6-20)15-16-27-17-21-9-11-22(25)12-10-21/h2-16H,17-18H2,1H3. The van der Waals surface area contributed by atoms with Crippen LogP contribution < -0.4 is 0 Å². The van der Waals surface area contributed by atoms with Crippen LogP contribution in [-0.4, -0.2) is 5.04 Å². The minimum atomic E-state index is 0.772. The van der Waals surface area contributed by atoms with Crippen molar-refractivity contribution < 1.29 is 0 Å². The third-order valence-corrected chi connectivity index (χ3v) is 6.05. The summed E-state index contributed by atoms with van der Waals surface area (Å²) in [4.78, 5) is 4.83. The number of nitrogens with zero attached hydrogens (tertiary/aromatic N) is 1. The van der Waals surface area contributed by atoms with Gasteiger partial charge in [-0.1, -0.05) is 71.8 Å². The Morgan fingerprint density at radius 3 is 2.25 bits per heavy atom. The second kappa shape index (κ2) is 11.2. The van der Waals surface area contributed by atoms with Crippen LogP contribution in [0.5, 0.6) is 0 Å². The zero-order chi connectivity index (χ0) is 19.6. The van der Waals surface area contributed by atoms with Crippen LogP contribution in [-0.2, 0) is 11.5 Å². The summed E-state index contributed by atoms with van der Waals surface area (Å²) in [6.45, 7) is 2.09. The van der Waals surface area contributed by atoms with E-state index < -0.39 is 0 Å². The number of benzene rings is 3. The van der Waals surface area contributed by atoms with Gasteiger partial charge in [-0.25, -0.2) is 4.99 Å². The summed E-state index contributed by atoms with van der Waals surface area (Å²) in [5, 5.41) is 3.91. The molecule has 1 nitrogen and oxygen atoms in total. The molecule has 28 heavy (non-hydrogen) atoms. The van der Waals surface area contributed by atoms with Gasteiger partial charge >= 0.3 is 0 Å². The Bertz CT molecular complexity index is 917. The number of thioether (sulfide) groups is 2. The van der Waals surface area contributed by atoms with E-state index in [2.05, 4.69) is 79.1 Å². The van der Waals surface area contributed by atoms with Gasteiger partial charge in [0.15, 0.2) is 0 Å². The van der Waals surface area contributed by atoms with Crippen LogP contribution in [0.25, 0.3) is 0 Å². The maximum Gasteiger partial charge on any atom is 0.0975 e. The number of hydrogen-bond donors (Lipinski definition) is 0. The maximum atomic E-state index is 5.95. The lowest BCUT2D eigenvalue weighted by atomic mass is 10.2. The lowest BCUT2D eigenvalue weighted by Crippen LogP contribution is -1.89. The fourth-order valence-electron chi connectivity index (χ4n) is 2.43. The smallest absolute Gasteiger partial charge is 0.0975 e. The van der Waals surface area contributed by atoms with Gasteiger partial charge in [0.25, 0.3) is 0 Å². The molecule has 0 amide bonds. The minimum Gasteiger partial charge on any atom is -0.242 e. The molecule has 0 N–H and O–H groups in total. The topological polar surface area (TPSA) is 12.4 Å². The second-order valence-electron chi connectivity index (χ2n) is 6.30. The molecule has 0 aliphatic carbocycles. The third kappa shape index (κ3) is 7.23. The SMILES string of the molecule is Cc1ccc(N=C(C=CSCc2ccc(Cl)cc2)SCc2ccccc2)cc1. The van der Waals surface area contributed by atoms with Crippen molar-refractivity contribution in [2.24, 2.45) is 4.99 Å². The van der Waals surface area contributed by atoms with E-state index >= 15 is 0 Å². The van der Waals surface area contributed by atoms with E-state index in [4.69, 9.17) is 16.6 Å². The van der Waals surface area contributed by atoms with E-state index in [9.17, 15) is 0 Å². The molecule has 0 atom stereocenters. The lowest BCUT2D eigenvalue weighted by Gasteiger charge is -2.04. The molecule has 3 aromatic rings. The van der Waals surface area contributed by atoms with Crippen LogP contribution in [0.1, 0.15) is 16.7 Å².